The number of aromatic nitrogens is 1. The maximum Gasteiger partial charge on any atom is 0.307 e. The first kappa shape index (κ1) is 14.3. The van der Waals surface area contributed by atoms with E-state index in [0.717, 1.165) is 31.4 Å². The Morgan fingerprint density at radius 3 is 2.74 bits per heavy atom. The summed E-state index contributed by atoms with van der Waals surface area (Å²) >= 11 is 1.18. The third-order valence-corrected chi connectivity index (χ3v) is 4.78. The van der Waals surface area contributed by atoms with E-state index in [1.54, 1.807) is 4.57 Å². The molecule has 0 aliphatic heterocycles. The molecule has 0 atom stereocenters. The molecule has 0 aromatic carbocycles. The number of nitrogens with zero attached hydrogens (tertiary/aromatic N) is 1. The van der Waals surface area contributed by atoms with Gasteiger partial charge in [-0.1, -0.05) is 24.2 Å². The fourth-order valence-corrected chi connectivity index (χ4v) is 3.44. The third-order valence-electron chi connectivity index (χ3n) is 3.89. The molecule has 0 unspecified atom stereocenters. The van der Waals surface area contributed by atoms with Crippen LogP contribution in [0.2, 0.25) is 0 Å². The zero-order chi connectivity index (χ0) is 13.9. The van der Waals surface area contributed by atoms with Gasteiger partial charge >= 0.3 is 4.87 Å². The summed E-state index contributed by atoms with van der Waals surface area (Å²) in [6.07, 6.45) is 4.51. The third kappa shape index (κ3) is 3.25. The van der Waals surface area contributed by atoms with Crippen LogP contribution in [0.3, 0.4) is 0 Å². The highest BCUT2D eigenvalue weighted by atomic mass is 32.1. The number of nitrogens with one attached hydrogen (secondary N) is 1. The summed E-state index contributed by atoms with van der Waals surface area (Å²) < 4.78 is 1.65. The second kappa shape index (κ2) is 5.88. The molecule has 1 heterocycles. The lowest BCUT2D eigenvalue weighted by Gasteiger charge is -2.28. The maximum atomic E-state index is 12.0. The topological polar surface area (TPSA) is 77.1 Å². The number of amides is 1. The molecule has 1 amide bonds. The van der Waals surface area contributed by atoms with E-state index < -0.39 is 0 Å². The Labute approximate surface area is 116 Å². The lowest BCUT2D eigenvalue weighted by atomic mass is 9.97. The number of hydrogen-bond donors (Lipinski definition) is 2. The average Bonchev–Trinajstić information content (AvgIpc) is 2.96. The van der Waals surface area contributed by atoms with Gasteiger partial charge in [0.1, 0.15) is 0 Å². The van der Waals surface area contributed by atoms with Crippen LogP contribution in [-0.2, 0) is 11.3 Å². The molecule has 0 radical (unpaired) electrons. The summed E-state index contributed by atoms with van der Waals surface area (Å²) in [5, 5.41) is 4.89. The molecule has 1 aliphatic carbocycles. The van der Waals surface area contributed by atoms with E-state index in [4.69, 9.17) is 5.73 Å². The van der Waals surface area contributed by atoms with Crippen molar-refractivity contribution in [2.45, 2.75) is 51.1 Å². The monoisotopic (exact) mass is 283 g/mol. The van der Waals surface area contributed by atoms with Crippen molar-refractivity contribution in [1.82, 2.24) is 9.88 Å². The Morgan fingerprint density at radius 1 is 1.53 bits per heavy atom. The molecule has 6 heteroatoms. The van der Waals surface area contributed by atoms with Gasteiger partial charge < -0.3 is 15.6 Å². The number of rotatable bonds is 5. The number of aryl methyl sites for hydroxylation is 1. The van der Waals surface area contributed by atoms with E-state index in [2.05, 4.69) is 5.32 Å². The van der Waals surface area contributed by atoms with Crippen LogP contribution in [0.5, 0.6) is 0 Å². The van der Waals surface area contributed by atoms with Crippen LogP contribution >= 0.6 is 11.3 Å². The van der Waals surface area contributed by atoms with E-state index >= 15 is 0 Å². The van der Waals surface area contributed by atoms with Gasteiger partial charge in [0, 0.05) is 30.6 Å². The molecule has 0 spiro atoms. The molecule has 1 saturated carbocycles. The molecular formula is C13H21N3O2S. The first-order valence-electron chi connectivity index (χ1n) is 6.72. The molecule has 2 rings (SSSR count). The highest BCUT2D eigenvalue weighted by Gasteiger charge is 2.33. The predicted octanol–water partition coefficient (Wildman–Crippen LogP) is 0.996. The average molecular weight is 283 g/mol. The molecule has 1 aromatic heterocycles. The lowest BCUT2D eigenvalue weighted by Crippen LogP contribution is -2.51. The number of thiazole rings is 1. The van der Waals surface area contributed by atoms with Crippen LogP contribution in [0.25, 0.3) is 0 Å². The highest BCUT2D eigenvalue weighted by Crippen LogP contribution is 2.28. The molecule has 5 nitrogen and oxygen atoms in total. The Morgan fingerprint density at radius 2 is 2.21 bits per heavy atom. The molecule has 0 bridgehead atoms. The molecular weight excluding hydrogens is 262 g/mol. The minimum absolute atomic E-state index is 0.000274. The molecule has 1 aliphatic rings. The van der Waals surface area contributed by atoms with Crippen LogP contribution < -0.4 is 15.9 Å². The summed E-state index contributed by atoms with van der Waals surface area (Å²) in [7, 11) is 0. The molecule has 1 fully saturated rings. The van der Waals surface area contributed by atoms with Gasteiger partial charge in [-0.2, -0.15) is 0 Å². The maximum absolute atomic E-state index is 12.0. The first-order valence-corrected chi connectivity index (χ1v) is 7.60. The number of nitrogens with two attached hydrogens (primary N) is 1. The van der Waals surface area contributed by atoms with Gasteiger partial charge in [-0.3, -0.25) is 9.59 Å². The minimum Gasteiger partial charge on any atom is -0.349 e. The van der Waals surface area contributed by atoms with Crippen molar-refractivity contribution in [2.75, 3.05) is 6.54 Å². The Hall–Kier alpha value is -1.14. The smallest absolute Gasteiger partial charge is 0.307 e. The summed E-state index contributed by atoms with van der Waals surface area (Å²) in [6.45, 7) is 2.82. The zero-order valence-corrected chi connectivity index (χ0v) is 12.1. The first-order chi connectivity index (χ1) is 9.06. The molecule has 3 N–H and O–H groups in total. The SMILES string of the molecule is Cc1csc(=O)n1CCC(=O)NC1(CN)CCCC1. The fourth-order valence-electron chi connectivity index (χ4n) is 2.68. The van der Waals surface area contributed by atoms with E-state index in [-0.39, 0.29) is 16.3 Å². The molecule has 1 aromatic rings. The number of carbonyl (C=O) groups is 1. The van der Waals surface area contributed by atoms with Crippen molar-refractivity contribution >= 4 is 17.2 Å². The van der Waals surface area contributed by atoms with Crippen LogP contribution in [-0.4, -0.2) is 22.6 Å². The lowest BCUT2D eigenvalue weighted by molar-refractivity contribution is -0.123. The van der Waals surface area contributed by atoms with Crippen molar-refractivity contribution < 1.29 is 4.79 Å². The summed E-state index contributed by atoms with van der Waals surface area (Å²) in [4.78, 5) is 23.5. The number of hydrogen-bond acceptors (Lipinski definition) is 4. The van der Waals surface area contributed by atoms with Gasteiger partial charge in [0.15, 0.2) is 0 Å². The Balaban J connectivity index is 1.90. The van der Waals surface area contributed by atoms with Crippen molar-refractivity contribution in [1.29, 1.82) is 0 Å². The van der Waals surface area contributed by atoms with Gasteiger partial charge in [-0.05, 0) is 19.8 Å². The van der Waals surface area contributed by atoms with E-state index in [9.17, 15) is 9.59 Å². The van der Waals surface area contributed by atoms with Gasteiger partial charge in [0.25, 0.3) is 0 Å². The quantitative estimate of drug-likeness (QED) is 0.846. The minimum atomic E-state index is -0.203. The van der Waals surface area contributed by atoms with Crippen molar-refractivity contribution in [3.8, 4) is 0 Å². The van der Waals surface area contributed by atoms with Crippen molar-refractivity contribution in [3.63, 3.8) is 0 Å². The molecule has 106 valence electrons. The van der Waals surface area contributed by atoms with Crippen molar-refractivity contribution in [3.05, 3.63) is 20.7 Å². The predicted molar refractivity (Wildman–Crippen MR) is 76.3 cm³/mol. The van der Waals surface area contributed by atoms with E-state index in [0.29, 0.717) is 19.5 Å². The molecule has 0 saturated heterocycles. The van der Waals surface area contributed by atoms with Gasteiger partial charge in [0.2, 0.25) is 5.91 Å². The Bertz CT molecular complexity index is 500. The van der Waals surface area contributed by atoms with Gasteiger partial charge in [-0.25, -0.2) is 0 Å². The van der Waals surface area contributed by atoms with Gasteiger partial charge in [-0.15, -0.1) is 0 Å². The Kier molecular flexibility index (Phi) is 4.42. The molecule has 19 heavy (non-hydrogen) atoms. The zero-order valence-electron chi connectivity index (χ0n) is 11.3. The van der Waals surface area contributed by atoms with E-state index in [1.165, 1.54) is 11.3 Å². The summed E-state index contributed by atoms with van der Waals surface area (Å²) in [6, 6.07) is 0. The summed E-state index contributed by atoms with van der Waals surface area (Å²) in [5.74, 6) is -0.00940. The van der Waals surface area contributed by atoms with Crippen LogP contribution in [0.15, 0.2) is 10.2 Å². The largest absolute Gasteiger partial charge is 0.349 e. The second-order valence-electron chi connectivity index (χ2n) is 5.28. The van der Waals surface area contributed by atoms with Crippen LogP contribution in [0.1, 0.15) is 37.8 Å². The van der Waals surface area contributed by atoms with Crippen LogP contribution in [0.4, 0.5) is 0 Å². The summed E-state index contributed by atoms with van der Waals surface area (Å²) in [5.41, 5.74) is 6.50. The van der Waals surface area contributed by atoms with Gasteiger partial charge in [0.05, 0.1) is 5.54 Å². The fraction of sp³-hybridized carbons (Fsp3) is 0.692. The highest BCUT2D eigenvalue weighted by molar-refractivity contribution is 7.07. The normalized spacial score (nSPS) is 17.6. The number of carbonyl (C=O) groups excluding carboxylic acids is 1. The van der Waals surface area contributed by atoms with Crippen LogP contribution in [0, 0.1) is 6.92 Å². The standard InChI is InChI=1S/C13H21N3O2S/c1-10-8-19-12(18)16(10)7-4-11(17)15-13(9-14)5-2-3-6-13/h8H,2-7,9,14H2,1H3,(H,15,17). The second-order valence-corrected chi connectivity index (χ2v) is 6.11. The van der Waals surface area contributed by atoms with E-state index in [1.807, 2.05) is 12.3 Å². The van der Waals surface area contributed by atoms with Crippen molar-refractivity contribution in [2.24, 2.45) is 5.73 Å².